The molecule has 0 radical (unpaired) electrons. The highest BCUT2D eigenvalue weighted by atomic mass is 31.2. The lowest BCUT2D eigenvalue weighted by atomic mass is 10.7. The third-order valence-corrected chi connectivity index (χ3v) is 3.22. The molecule has 14 heavy (non-hydrogen) atoms. The van der Waals surface area contributed by atoms with Crippen LogP contribution in [0.2, 0.25) is 0 Å². The van der Waals surface area contributed by atoms with Gasteiger partial charge in [-0.2, -0.15) is 31.5 Å². The highest BCUT2D eigenvalue weighted by molar-refractivity contribution is 7.78. The predicted octanol–water partition coefficient (Wildman–Crippen LogP) is 2.05. The molecular formula is C5H7F3O5P+. The fraction of sp³-hybridized carbons (Fsp3) is 0.800. The van der Waals surface area contributed by atoms with Crippen LogP contribution in [0.25, 0.3) is 0 Å². The molecule has 82 valence electrons. The zero-order chi connectivity index (χ0) is 10.8. The molecule has 0 bridgehead atoms. The van der Waals surface area contributed by atoms with Gasteiger partial charge in [0, 0.05) is 0 Å². The second kappa shape index (κ2) is 3.98. The maximum absolute atomic E-state index is 11.7. The minimum atomic E-state index is -4.60. The monoisotopic (exact) mass is 235 g/mol. The Morgan fingerprint density at radius 1 is 1.43 bits per heavy atom. The number of halogens is 3. The Morgan fingerprint density at radius 3 is 2.29 bits per heavy atom. The largest absolute Gasteiger partial charge is 0.543 e. The van der Waals surface area contributed by atoms with E-state index in [1.54, 1.807) is 0 Å². The van der Waals surface area contributed by atoms with Crippen LogP contribution in [-0.4, -0.2) is 36.8 Å². The average Bonchev–Trinajstić information content (AvgIpc) is 2.48. The average molecular weight is 235 g/mol. The van der Waals surface area contributed by atoms with Crippen molar-refractivity contribution < 1.29 is 36.6 Å². The number of hydrogen-bond acceptors (Lipinski definition) is 4. The summed E-state index contributed by atoms with van der Waals surface area (Å²) in [5.41, 5.74) is -1.63. The minimum absolute atomic E-state index is 0.0715. The first-order valence-corrected chi connectivity index (χ1v) is 5.03. The molecule has 0 spiro atoms. The maximum Gasteiger partial charge on any atom is 0.543 e. The molecule has 1 aliphatic heterocycles. The molecule has 0 aromatic rings. The summed E-state index contributed by atoms with van der Waals surface area (Å²) >= 11 is 0. The number of carbonyl (C=O) groups is 1. The second-order valence-corrected chi connectivity index (χ2v) is 4.49. The number of rotatable bonds is 3. The summed E-state index contributed by atoms with van der Waals surface area (Å²) in [5.74, 6) is 0. The second-order valence-electron chi connectivity index (χ2n) is 2.34. The lowest BCUT2D eigenvalue weighted by Gasteiger charge is -2.11. The van der Waals surface area contributed by atoms with Crippen molar-refractivity contribution in [3.8, 4) is 0 Å². The molecule has 0 atom stereocenters. The highest BCUT2D eigenvalue weighted by Crippen LogP contribution is 2.65. The van der Waals surface area contributed by atoms with Gasteiger partial charge in [0.15, 0.2) is 6.61 Å². The van der Waals surface area contributed by atoms with Crippen molar-refractivity contribution in [2.24, 2.45) is 0 Å². The highest BCUT2D eigenvalue weighted by Gasteiger charge is 2.61. The fourth-order valence-corrected chi connectivity index (χ4v) is 2.25. The fourth-order valence-electron chi connectivity index (χ4n) is 0.751. The Labute approximate surface area is 77.3 Å². The van der Waals surface area contributed by atoms with Crippen molar-refractivity contribution in [1.82, 2.24) is 0 Å². The molecule has 5 nitrogen and oxygen atoms in total. The van der Waals surface area contributed by atoms with Gasteiger partial charge in [-0.25, -0.2) is 0 Å². The van der Waals surface area contributed by atoms with Crippen LogP contribution in [0.4, 0.5) is 18.0 Å². The molecule has 0 aromatic carbocycles. The first-order valence-electron chi connectivity index (χ1n) is 3.49. The molecule has 0 aliphatic carbocycles. The van der Waals surface area contributed by atoms with Crippen LogP contribution in [0.3, 0.4) is 0 Å². The van der Waals surface area contributed by atoms with Crippen LogP contribution in [0, 0.1) is 0 Å². The summed E-state index contributed by atoms with van der Waals surface area (Å²) in [6, 6.07) is 0. The maximum atomic E-state index is 11.7. The van der Waals surface area contributed by atoms with Crippen molar-refractivity contribution in [3.63, 3.8) is 0 Å². The Kier molecular flexibility index (Phi) is 3.31. The van der Waals surface area contributed by atoms with Gasteiger partial charge in [0.1, 0.15) is 13.2 Å². The van der Waals surface area contributed by atoms with Crippen molar-refractivity contribution >= 4 is 13.7 Å². The van der Waals surface area contributed by atoms with Gasteiger partial charge in [-0.3, -0.25) is 0 Å². The third-order valence-electron chi connectivity index (χ3n) is 1.24. The van der Waals surface area contributed by atoms with E-state index in [0.717, 1.165) is 0 Å². The van der Waals surface area contributed by atoms with Gasteiger partial charge >= 0.3 is 19.8 Å². The van der Waals surface area contributed by atoms with Crippen molar-refractivity contribution in [3.05, 3.63) is 0 Å². The normalized spacial score (nSPS) is 21.1. The van der Waals surface area contributed by atoms with Gasteiger partial charge in [0.2, 0.25) is 0 Å². The summed E-state index contributed by atoms with van der Waals surface area (Å²) in [4.78, 5) is 10.5. The lowest BCUT2D eigenvalue weighted by Crippen LogP contribution is -2.20. The quantitative estimate of drug-likeness (QED) is 0.758. The van der Waals surface area contributed by atoms with Crippen LogP contribution in [0.5, 0.6) is 0 Å². The van der Waals surface area contributed by atoms with E-state index < -0.39 is 26.4 Å². The Morgan fingerprint density at radius 2 is 1.93 bits per heavy atom. The zero-order valence-electron chi connectivity index (χ0n) is 6.78. The van der Waals surface area contributed by atoms with E-state index in [9.17, 15) is 18.0 Å². The number of carboxylic acid groups (broad SMARTS) is 1. The van der Waals surface area contributed by atoms with Crippen molar-refractivity contribution in [2.45, 2.75) is 6.18 Å². The topological polar surface area (TPSA) is 65.0 Å². The van der Waals surface area contributed by atoms with E-state index in [4.69, 9.17) is 5.11 Å². The Balaban J connectivity index is 2.57. The SMILES string of the molecule is O=C(O)[P+]1(OCC(F)(F)F)OCCO1. The van der Waals surface area contributed by atoms with Crippen LogP contribution < -0.4 is 0 Å². The first kappa shape index (κ1) is 11.6. The zero-order valence-corrected chi connectivity index (χ0v) is 7.68. The standard InChI is InChI=1S/C5H6F3O5P/c6-5(7,8)3-13-14(4(9)10)11-1-2-12-14/h1-3H2/p+1. The molecule has 1 fully saturated rings. The van der Waals surface area contributed by atoms with Gasteiger partial charge in [0.25, 0.3) is 0 Å². The molecule has 1 N–H and O–H groups in total. The molecule has 0 saturated carbocycles. The molecule has 0 unspecified atom stereocenters. The van der Waals surface area contributed by atoms with E-state index in [1.807, 2.05) is 0 Å². The molecule has 9 heteroatoms. The summed E-state index contributed by atoms with van der Waals surface area (Å²) in [5, 5.41) is 8.57. The first-order chi connectivity index (χ1) is 6.36. The molecular weight excluding hydrogens is 228 g/mol. The van der Waals surface area contributed by atoms with Crippen LogP contribution in [0.1, 0.15) is 0 Å². The van der Waals surface area contributed by atoms with Gasteiger partial charge in [0.05, 0.1) is 0 Å². The Hall–Kier alpha value is -0.430. The summed E-state index contributed by atoms with van der Waals surface area (Å²) in [6.45, 7) is -1.83. The summed E-state index contributed by atoms with van der Waals surface area (Å²) < 4.78 is 48.5. The smallest absolute Gasteiger partial charge is 0.445 e. The van der Waals surface area contributed by atoms with Crippen LogP contribution in [-0.2, 0) is 13.6 Å². The van der Waals surface area contributed by atoms with Gasteiger partial charge in [-0.1, -0.05) is 0 Å². The van der Waals surface area contributed by atoms with Gasteiger partial charge in [-0.05, 0) is 0 Å². The van der Waals surface area contributed by atoms with E-state index >= 15 is 0 Å². The minimum Gasteiger partial charge on any atom is -0.445 e. The van der Waals surface area contributed by atoms with E-state index in [-0.39, 0.29) is 13.2 Å². The number of alkyl halides is 3. The summed E-state index contributed by atoms with van der Waals surface area (Å²) in [6.07, 6.45) is -4.60. The van der Waals surface area contributed by atoms with E-state index in [2.05, 4.69) is 13.6 Å². The molecule has 0 aromatic heterocycles. The molecule has 1 heterocycles. The molecule has 1 saturated heterocycles. The third kappa shape index (κ3) is 2.78. The Bertz CT molecular complexity index is 224. The van der Waals surface area contributed by atoms with Gasteiger partial charge < -0.3 is 5.11 Å². The lowest BCUT2D eigenvalue weighted by molar-refractivity contribution is -0.155. The number of hydrogen-bond donors (Lipinski definition) is 1. The van der Waals surface area contributed by atoms with Crippen LogP contribution in [0.15, 0.2) is 0 Å². The van der Waals surface area contributed by atoms with E-state index in [0.29, 0.717) is 0 Å². The summed E-state index contributed by atoms with van der Waals surface area (Å²) in [7, 11) is -3.82. The van der Waals surface area contributed by atoms with Crippen molar-refractivity contribution in [1.29, 1.82) is 0 Å². The predicted molar refractivity (Wildman–Crippen MR) is 38.9 cm³/mol. The van der Waals surface area contributed by atoms with Crippen LogP contribution >= 0.6 is 7.94 Å². The molecule has 0 amide bonds. The molecule has 1 rings (SSSR count). The van der Waals surface area contributed by atoms with Gasteiger partial charge in [-0.15, -0.1) is 0 Å². The van der Waals surface area contributed by atoms with Crippen molar-refractivity contribution in [2.75, 3.05) is 19.8 Å². The molecule has 1 aliphatic rings. The van der Waals surface area contributed by atoms with E-state index in [1.165, 1.54) is 0 Å².